The first kappa shape index (κ1) is 15.7. The van der Waals surface area contributed by atoms with E-state index in [4.69, 9.17) is 5.73 Å². The molecular formula is C6H23B10N. The van der Waals surface area contributed by atoms with E-state index in [0.717, 1.165) is 44.5 Å². The minimum Gasteiger partial charge on any atom is -0.330 e. The molecule has 1 aliphatic heterocycles. The van der Waals surface area contributed by atoms with Crippen molar-refractivity contribution in [2.24, 2.45) is 5.73 Å². The van der Waals surface area contributed by atoms with Crippen LogP contribution in [0.15, 0.2) is 0 Å². The van der Waals surface area contributed by atoms with Crippen molar-refractivity contribution in [2.45, 2.75) is 31.4 Å². The summed E-state index contributed by atoms with van der Waals surface area (Å²) in [6.07, 6.45) is 8.97. The van der Waals surface area contributed by atoms with E-state index in [1.54, 1.807) is 0 Å². The van der Waals surface area contributed by atoms with Crippen LogP contribution in [-0.4, -0.2) is 77.4 Å². The summed E-state index contributed by atoms with van der Waals surface area (Å²) in [7, 11) is 12.1. The third-order valence-corrected chi connectivity index (χ3v) is 4.93. The van der Waals surface area contributed by atoms with Gasteiger partial charge in [-0.3, -0.25) is 0 Å². The highest BCUT2D eigenvalue weighted by Gasteiger charge is 2.49. The van der Waals surface area contributed by atoms with Gasteiger partial charge in [0.25, 0.3) is 0 Å². The topological polar surface area (TPSA) is 26.0 Å². The fourth-order valence-corrected chi connectivity index (χ4v) is 3.56. The molecule has 1 fully saturated rings. The largest absolute Gasteiger partial charge is 0.330 e. The summed E-state index contributed by atoms with van der Waals surface area (Å²) in [5.41, 5.74) is 5.57. The average molecular weight is 217 g/mol. The molecule has 0 amide bonds. The van der Waals surface area contributed by atoms with Crippen LogP contribution in [0.25, 0.3) is 0 Å². The van der Waals surface area contributed by atoms with Crippen molar-refractivity contribution in [1.29, 1.82) is 0 Å². The molecule has 0 aliphatic carbocycles. The van der Waals surface area contributed by atoms with Crippen molar-refractivity contribution in [3.63, 3.8) is 0 Å². The molecule has 0 spiro atoms. The Labute approximate surface area is 115 Å². The number of hydrogen-bond acceptors (Lipinski definition) is 1. The quantitative estimate of drug-likeness (QED) is 0.320. The fourth-order valence-electron chi connectivity index (χ4n) is 3.56. The zero-order valence-electron chi connectivity index (χ0n) is 12.6. The molecule has 0 aromatic rings. The summed E-state index contributed by atoms with van der Waals surface area (Å²) in [6, 6.07) is 0. The van der Waals surface area contributed by atoms with Gasteiger partial charge in [0.05, 0.1) is 45.3 Å². The molecule has 0 aromatic carbocycles. The lowest BCUT2D eigenvalue weighted by molar-refractivity contribution is 0.697. The van der Waals surface area contributed by atoms with Gasteiger partial charge in [0, 0.05) is 25.5 Å². The molecule has 1 unspecified atom stereocenters. The predicted molar refractivity (Wildman–Crippen MR) is 103 cm³/mol. The van der Waals surface area contributed by atoms with Crippen LogP contribution in [0.1, 0.15) is 19.3 Å². The Hall–Kier alpha value is 0.609. The second-order valence-corrected chi connectivity index (χ2v) is 6.87. The van der Waals surface area contributed by atoms with E-state index in [-0.39, 0.29) is 0 Å². The molecular weight excluding hydrogens is 194 g/mol. The van der Waals surface area contributed by atoms with E-state index in [9.17, 15) is 0 Å². The first-order valence-electron chi connectivity index (χ1n) is 7.69. The number of hydrogen-bond donors (Lipinski definition) is 1. The first-order chi connectivity index (χ1) is 7.99. The molecule has 17 heavy (non-hydrogen) atoms. The molecule has 1 rings (SSSR count). The molecule has 1 nitrogen and oxygen atoms in total. The van der Waals surface area contributed by atoms with Gasteiger partial charge in [0.15, 0.2) is 0 Å². The standard InChI is InChI=1S/C6H23B10N/c7-13(8)15(11)16(14(9)10)12-5-6(12)3-1-2-4-17/h6H,1-5,7-11,17H2. The molecule has 0 bridgehead atoms. The van der Waals surface area contributed by atoms with E-state index >= 15 is 0 Å². The summed E-state index contributed by atoms with van der Waals surface area (Å²) in [4.78, 5) is 0. The maximum Gasteiger partial charge on any atom is 0.0928 e. The van der Waals surface area contributed by atoms with Gasteiger partial charge in [-0.2, -0.15) is 0 Å². The summed E-state index contributed by atoms with van der Waals surface area (Å²) in [5.74, 6) is 1.02. The minimum absolute atomic E-state index is 0.827. The maximum atomic E-state index is 5.57. The van der Waals surface area contributed by atoms with Gasteiger partial charge in [0.2, 0.25) is 0 Å². The van der Waals surface area contributed by atoms with Crippen LogP contribution < -0.4 is 5.73 Å². The summed E-state index contributed by atoms with van der Waals surface area (Å²) in [6.45, 7) is 1.89. The molecule has 1 aliphatic rings. The normalized spacial score (nSPS) is 17.7. The molecule has 0 radical (unpaired) electrons. The Bertz CT molecular complexity index is 225. The van der Waals surface area contributed by atoms with E-state index in [2.05, 4.69) is 38.7 Å². The maximum absolute atomic E-state index is 5.57. The average Bonchev–Trinajstić information content (AvgIpc) is 2.97. The van der Waals surface area contributed by atoms with Crippen molar-refractivity contribution in [3.8, 4) is 0 Å². The predicted octanol–water partition coefficient (Wildman–Crippen LogP) is -5.06. The monoisotopic (exact) mass is 219 g/mol. The van der Waals surface area contributed by atoms with E-state index in [1.165, 1.54) is 25.6 Å². The minimum atomic E-state index is 0.827. The highest BCUT2D eigenvalue weighted by molar-refractivity contribution is 8.01. The van der Waals surface area contributed by atoms with Gasteiger partial charge in [-0.15, -0.1) is 0 Å². The molecule has 1 heterocycles. The Morgan fingerprint density at radius 2 is 1.71 bits per heavy atom. The van der Waals surface area contributed by atoms with Gasteiger partial charge in [-0.1, -0.05) is 25.0 Å². The summed E-state index contributed by atoms with van der Waals surface area (Å²) in [5, 5.41) is 0. The summed E-state index contributed by atoms with van der Waals surface area (Å²) >= 11 is 0. The molecule has 2 N–H and O–H groups in total. The third-order valence-electron chi connectivity index (χ3n) is 4.93. The zero-order chi connectivity index (χ0) is 13.0. The van der Waals surface area contributed by atoms with Gasteiger partial charge in [-0.05, 0) is 13.0 Å². The van der Waals surface area contributed by atoms with Crippen LogP contribution in [0.2, 0.25) is 12.1 Å². The first-order valence-corrected chi connectivity index (χ1v) is 7.69. The Morgan fingerprint density at radius 3 is 2.18 bits per heavy atom. The van der Waals surface area contributed by atoms with Crippen LogP contribution in [-0.2, 0) is 0 Å². The highest BCUT2D eigenvalue weighted by Crippen LogP contribution is 2.43. The molecule has 1 saturated heterocycles. The molecule has 11 heteroatoms. The Balaban J connectivity index is 2.41. The van der Waals surface area contributed by atoms with Gasteiger partial charge in [-0.25, -0.2) is 0 Å². The van der Waals surface area contributed by atoms with Crippen LogP contribution >= 0.6 is 0 Å². The van der Waals surface area contributed by atoms with Crippen molar-refractivity contribution in [2.75, 3.05) is 6.54 Å². The SMILES string of the molecule is BB(B)B(B)B(B(B)B)B1CC1CCCCN. The molecule has 82 valence electrons. The van der Waals surface area contributed by atoms with Crippen molar-refractivity contribution in [1.82, 2.24) is 0 Å². The van der Waals surface area contributed by atoms with Gasteiger partial charge >= 0.3 is 0 Å². The van der Waals surface area contributed by atoms with Crippen LogP contribution in [0, 0.1) is 0 Å². The molecule has 0 saturated carbocycles. The lowest BCUT2D eigenvalue weighted by Gasteiger charge is -2.24. The Kier molecular flexibility index (Phi) is 6.69. The van der Waals surface area contributed by atoms with Gasteiger partial charge < -0.3 is 5.73 Å². The van der Waals surface area contributed by atoms with Crippen molar-refractivity contribution < 1.29 is 0 Å². The smallest absolute Gasteiger partial charge is 0.0928 e. The van der Waals surface area contributed by atoms with Crippen LogP contribution in [0.5, 0.6) is 0 Å². The second kappa shape index (κ2) is 7.26. The van der Waals surface area contributed by atoms with Crippen LogP contribution in [0.3, 0.4) is 0 Å². The zero-order valence-corrected chi connectivity index (χ0v) is 12.6. The third kappa shape index (κ3) is 4.65. The number of unbranched alkanes of at least 4 members (excludes halogenated alkanes) is 1. The van der Waals surface area contributed by atoms with E-state index < -0.39 is 0 Å². The molecule has 1 atom stereocenters. The summed E-state index contributed by atoms with van der Waals surface area (Å²) < 4.78 is 0. The Morgan fingerprint density at radius 1 is 1.06 bits per heavy atom. The van der Waals surface area contributed by atoms with Crippen LogP contribution in [0.4, 0.5) is 0 Å². The van der Waals surface area contributed by atoms with Crippen molar-refractivity contribution >= 4 is 70.8 Å². The fraction of sp³-hybridized carbons (Fsp3) is 1.00. The van der Waals surface area contributed by atoms with E-state index in [1.807, 2.05) is 0 Å². The number of rotatable bonds is 8. The lowest BCUT2D eigenvalue weighted by atomic mass is 8.57. The highest BCUT2D eigenvalue weighted by atomic mass is 14.5. The van der Waals surface area contributed by atoms with E-state index in [0.29, 0.717) is 0 Å². The number of nitrogens with two attached hydrogens (primary N) is 1. The van der Waals surface area contributed by atoms with Crippen molar-refractivity contribution in [3.05, 3.63) is 0 Å². The molecule has 0 aromatic heterocycles. The van der Waals surface area contributed by atoms with Gasteiger partial charge in [0.1, 0.15) is 0 Å². The lowest BCUT2D eigenvalue weighted by Crippen LogP contribution is -2.63. The second-order valence-electron chi connectivity index (χ2n) is 6.87.